The fourth-order valence-electron chi connectivity index (χ4n) is 3.16. The van der Waals surface area contributed by atoms with Crippen LogP contribution in [-0.4, -0.2) is 120 Å². The van der Waals surface area contributed by atoms with Gasteiger partial charge in [-0.25, -0.2) is 0 Å². The molecule has 3 aliphatic heterocycles. The van der Waals surface area contributed by atoms with Crippen LogP contribution < -0.4 is 0 Å². The van der Waals surface area contributed by atoms with Crippen LogP contribution in [0.25, 0.3) is 0 Å². The molecule has 10 heteroatoms. The molecule has 0 aromatic heterocycles. The number of hydrogen-bond donors (Lipinski definition) is 0. The maximum atomic E-state index is 4.80. The van der Waals surface area contributed by atoms with E-state index in [1.54, 1.807) is 0 Å². The third-order valence-corrected chi connectivity index (χ3v) is 6.35. The van der Waals surface area contributed by atoms with Crippen LogP contribution in [-0.2, 0) is 44.7 Å². The first-order valence-electron chi connectivity index (χ1n) is 10.3. The summed E-state index contributed by atoms with van der Waals surface area (Å²) in [6, 6.07) is 0. The molecule has 0 aromatic carbocycles. The van der Waals surface area contributed by atoms with Gasteiger partial charge in [-0.2, -0.15) is 0 Å². The van der Waals surface area contributed by atoms with E-state index in [1.165, 1.54) is 65.0 Å². The molecule has 0 bridgehead atoms. The molecular weight excluding hydrogens is 528 g/mol. The van der Waals surface area contributed by atoms with Gasteiger partial charge in [0.05, 0.1) is 0 Å². The van der Waals surface area contributed by atoms with E-state index in [-0.39, 0.29) is 19.5 Å². The number of likely N-dealkylation sites (tertiary alicyclic amines) is 2. The zero-order valence-corrected chi connectivity index (χ0v) is 23.1. The van der Waals surface area contributed by atoms with Gasteiger partial charge in [-0.1, -0.05) is 8.64 Å². The Balaban J connectivity index is 0.000000411. The van der Waals surface area contributed by atoms with Gasteiger partial charge in [0.25, 0.3) is 0 Å². The third-order valence-electron chi connectivity index (χ3n) is 5.32. The van der Waals surface area contributed by atoms with Gasteiger partial charge in [0.1, 0.15) is 0 Å². The fraction of sp³-hybridized carbons (Fsp3) is 0.895. The number of hydrogen-bond acceptors (Lipinski definition) is 7. The molecule has 3 saturated heterocycles. The first kappa shape index (κ1) is 29.7. The van der Waals surface area contributed by atoms with Gasteiger partial charge in [-0.3, -0.25) is 0 Å². The Morgan fingerprint density at radius 3 is 0.862 bits per heavy atom. The molecule has 0 amide bonds. The minimum Gasteiger partial charge on any atom is -0.411 e. The molecule has 169 valence electrons. The van der Waals surface area contributed by atoms with E-state index in [4.69, 9.17) is 49.7 Å². The molecule has 3 heterocycles. The Hall–Kier alpha value is 0.723. The summed E-state index contributed by atoms with van der Waals surface area (Å²) < 4.78 is 1.28. The van der Waals surface area contributed by atoms with E-state index in [1.807, 2.05) is 0 Å². The van der Waals surface area contributed by atoms with Crippen LogP contribution in [0.15, 0.2) is 0 Å². The van der Waals surface area contributed by atoms with Crippen molar-refractivity contribution in [2.24, 2.45) is 0 Å². The van der Waals surface area contributed by atoms with Crippen molar-refractivity contribution in [2.75, 3.05) is 86.6 Å². The molecule has 0 unspecified atom stereocenters. The predicted molar refractivity (Wildman–Crippen MR) is 134 cm³/mol. The van der Waals surface area contributed by atoms with E-state index in [9.17, 15) is 0 Å². The second kappa shape index (κ2) is 17.3. The van der Waals surface area contributed by atoms with Crippen molar-refractivity contribution < 1.29 is 19.5 Å². The molecule has 0 aromatic rings. The van der Waals surface area contributed by atoms with E-state index in [0.717, 1.165) is 26.2 Å². The summed E-state index contributed by atoms with van der Waals surface area (Å²) in [5, 5.41) is 0. The average Bonchev–Trinajstić information content (AvgIpc) is 3.37. The van der Waals surface area contributed by atoms with Gasteiger partial charge < -0.3 is 74.2 Å². The van der Waals surface area contributed by atoms with Crippen LogP contribution in [0.2, 0.25) is 0 Å². The van der Waals surface area contributed by atoms with Crippen LogP contribution in [0, 0.1) is 0 Å². The number of nitrogens with zero attached hydrogens (tertiary/aromatic N) is 5. The second-order valence-electron chi connectivity index (χ2n) is 7.83. The second-order valence-corrected chi connectivity index (χ2v) is 9.89. The summed E-state index contributed by atoms with van der Waals surface area (Å²) in [6.45, 7) is 11.5. The van der Waals surface area contributed by atoms with Crippen molar-refractivity contribution in [3.05, 3.63) is 0 Å². The van der Waals surface area contributed by atoms with E-state index in [0.29, 0.717) is 8.64 Å². The summed E-state index contributed by atoms with van der Waals surface area (Å²) in [5.41, 5.74) is 0. The van der Waals surface area contributed by atoms with E-state index in [2.05, 4.69) is 45.6 Å². The fourth-order valence-corrected chi connectivity index (χ4v) is 3.89. The maximum Gasteiger partial charge on any atom is 3.00 e. The van der Waals surface area contributed by atoms with Crippen LogP contribution >= 0.6 is 24.4 Å². The van der Waals surface area contributed by atoms with Crippen LogP contribution in [0.4, 0.5) is 0 Å². The molecule has 0 N–H and O–H groups in total. The minimum absolute atomic E-state index is 0. The van der Waals surface area contributed by atoms with Gasteiger partial charge in [0.2, 0.25) is 0 Å². The molecule has 3 fully saturated rings. The zero-order chi connectivity index (χ0) is 20.9. The average molecular weight is 565 g/mol. The maximum absolute atomic E-state index is 4.80. The third kappa shape index (κ3) is 14.4. The van der Waals surface area contributed by atoms with Gasteiger partial charge in [-0.15, -0.1) is 0 Å². The van der Waals surface area contributed by atoms with E-state index < -0.39 is 0 Å². The zero-order valence-electron chi connectivity index (χ0n) is 18.1. The number of rotatable bonds is 0. The smallest absolute Gasteiger partial charge is 0.411 e. The van der Waals surface area contributed by atoms with Crippen molar-refractivity contribution in [3.8, 4) is 0 Å². The first-order valence-corrected chi connectivity index (χ1v) is 11.9. The van der Waals surface area contributed by atoms with Crippen LogP contribution in [0.3, 0.4) is 0 Å². The first-order chi connectivity index (χ1) is 13.3. The SMILES string of the molecule is CN1CCN(C)CCN(C)CC1.S=C([S-])N1CCCC1.S=C([S-])N1CCCC1.[Ru+3]. The molecule has 0 saturated carbocycles. The standard InChI is InChI=1S/C9H21N3.2C5H9NS2.Ru/c1-10-4-6-11(2)8-9-12(3)7-5-10;2*7-5(8)6-3-1-2-4-6;/h4-9H2,1-3H3;2*1-4H2,(H,7,8);/q;;;+3/p-2. The molecule has 29 heavy (non-hydrogen) atoms. The minimum atomic E-state index is 0. The van der Waals surface area contributed by atoms with Crippen LogP contribution in [0.1, 0.15) is 25.7 Å². The number of likely N-dealkylation sites (N-methyl/N-ethyl adjacent to an activating group) is 3. The number of thiocarbonyl (C=S) groups is 2. The Morgan fingerprint density at radius 2 is 0.724 bits per heavy atom. The van der Waals surface area contributed by atoms with Crippen molar-refractivity contribution in [2.45, 2.75) is 25.7 Å². The van der Waals surface area contributed by atoms with Crippen molar-refractivity contribution >= 4 is 58.3 Å². The Kier molecular flexibility index (Phi) is 17.7. The van der Waals surface area contributed by atoms with Gasteiger partial charge in [-0.05, 0) is 46.8 Å². The van der Waals surface area contributed by atoms with E-state index >= 15 is 0 Å². The Labute approximate surface area is 213 Å². The summed E-state index contributed by atoms with van der Waals surface area (Å²) >= 11 is 19.2. The molecule has 3 aliphatic rings. The molecule has 5 nitrogen and oxygen atoms in total. The van der Waals surface area contributed by atoms with Crippen molar-refractivity contribution in [1.29, 1.82) is 0 Å². The van der Waals surface area contributed by atoms with Gasteiger partial charge in [0.15, 0.2) is 0 Å². The summed E-state index contributed by atoms with van der Waals surface area (Å²) in [6.07, 6.45) is 5.04. The molecular formula is C19H37N5RuS4+. The topological polar surface area (TPSA) is 16.2 Å². The van der Waals surface area contributed by atoms with Gasteiger partial charge >= 0.3 is 19.5 Å². The molecule has 1 radical (unpaired) electrons. The largest absolute Gasteiger partial charge is 3.00 e. The normalized spacial score (nSPS) is 21.5. The quantitative estimate of drug-likeness (QED) is 0.246. The molecule has 3 rings (SSSR count). The van der Waals surface area contributed by atoms with Crippen molar-refractivity contribution in [3.63, 3.8) is 0 Å². The summed E-state index contributed by atoms with van der Waals surface area (Å²) in [5.74, 6) is 0. The van der Waals surface area contributed by atoms with Crippen molar-refractivity contribution in [1.82, 2.24) is 24.5 Å². The molecule has 0 atom stereocenters. The monoisotopic (exact) mass is 565 g/mol. The summed E-state index contributed by atoms with van der Waals surface area (Å²) in [4.78, 5) is 11.4. The summed E-state index contributed by atoms with van der Waals surface area (Å²) in [7, 11) is 6.60. The Morgan fingerprint density at radius 1 is 0.517 bits per heavy atom. The Bertz CT molecular complexity index is 398. The molecule has 0 aliphatic carbocycles. The molecule has 0 spiro atoms. The van der Waals surface area contributed by atoms with Crippen LogP contribution in [0.5, 0.6) is 0 Å². The van der Waals surface area contributed by atoms with Gasteiger partial charge in [0, 0.05) is 65.4 Å². The predicted octanol–water partition coefficient (Wildman–Crippen LogP) is 1.62.